The smallest absolute Gasteiger partial charge is 0.124 e. The van der Waals surface area contributed by atoms with Crippen molar-refractivity contribution >= 4 is 0 Å². The van der Waals surface area contributed by atoms with Gasteiger partial charge in [0.25, 0.3) is 0 Å². The Balaban J connectivity index is 2.15. The quantitative estimate of drug-likeness (QED) is 0.889. The number of ether oxygens (including phenoxy) is 1. The van der Waals surface area contributed by atoms with Crippen LogP contribution in [0.2, 0.25) is 0 Å². The second kappa shape index (κ2) is 6.53. The summed E-state index contributed by atoms with van der Waals surface area (Å²) in [5, 5.41) is 0. The van der Waals surface area contributed by atoms with Crippen LogP contribution in [0.1, 0.15) is 36.1 Å². The maximum Gasteiger partial charge on any atom is 0.124 e. The molecular formula is C17H20FNO. The van der Waals surface area contributed by atoms with E-state index in [1.54, 1.807) is 6.07 Å². The normalized spacial score (nSPS) is 12.2. The molecule has 0 bridgehead atoms. The van der Waals surface area contributed by atoms with Crippen LogP contribution >= 0.6 is 0 Å². The van der Waals surface area contributed by atoms with E-state index in [0.29, 0.717) is 6.61 Å². The van der Waals surface area contributed by atoms with E-state index in [-0.39, 0.29) is 11.9 Å². The summed E-state index contributed by atoms with van der Waals surface area (Å²) in [6, 6.07) is 12.5. The summed E-state index contributed by atoms with van der Waals surface area (Å²) in [5.74, 6) is 0.574. The Morgan fingerprint density at radius 3 is 2.65 bits per heavy atom. The van der Waals surface area contributed by atoms with Crippen molar-refractivity contribution in [2.24, 2.45) is 5.73 Å². The van der Waals surface area contributed by atoms with E-state index in [0.717, 1.165) is 28.9 Å². The first kappa shape index (κ1) is 14.5. The largest absolute Gasteiger partial charge is 0.489 e. The Labute approximate surface area is 119 Å². The highest BCUT2D eigenvalue weighted by Crippen LogP contribution is 2.26. The first-order valence-electron chi connectivity index (χ1n) is 6.84. The molecule has 0 fully saturated rings. The molecule has 3 heteroatoms. The number of para-hydroxylation sites is 1. The van der Waals surface area contributed by atoms with Crippen molar-refractivity contribution in [3.8, 4) is 5.75 Å². The highest BCUT2D eigenvalue weighted by atomic mass is 19.1. The van der Waals surface area contributed by atoms with Crippen LogP contribution in [0.25, 0.3) is 0 Å². The molecule has 1 atom stereocenters. The molecular weight excluding hydrogens is 253 g/mol. The van der Waals surface area contributed by atoms with E-state index in [1.807, 2.05) is 38.1 Å². The number of hydrogen-bond donors (Lipinski definition) is 1. The van der Waals surface area contributed by atoms with Crippen molar-refractivity contribution < 1.29 is 9.13 Å². The van der Waals surface area contributed by atoms with Gasteiger partial charge >= 0.3 is 0 Å². The first-order valence-corrected chi connectivity index (χ1v) is 6.84. The maximum atomic E-state index is 13.1. The molecule has 0 aliphatic rings. The van der Waals surface area contributed by atoms with Crippen molar-refractivity contribution in [2.45, 2.75) is 32.9 Å². The van der Waals surface area contributed by atoms with E-state index in [2.05, 4.69) is 0 Å². The summed E-state index contributed by atoms with van der Waals surface area (Å²) in [6.45, 7) is 4.34. The van der Waals surface area contributed by atoms with Crippen molar-refractivity contribution in [3.63, 3.8) is 0 Å². The summed E-state index contributed by atoms with van der Waals surface area (Å²) in [6.07, 6.45) is 0.857. The third kappa shape index (κ3) is 3.36. The Morgan fingerprint density at radius 2 is 1.95 bits per heavy atom. The van der Waals surface area contributed by atoms with Crippen LogP contribution in [0, 0.1) is 12.7 Å². The minimum absolute atomic E-state index is 0.0273. The molecule has 2 nitrogen and oxygen atoms in total. The van der Waals surface area contributed by atoms with Crippen LogP contribution in [-0.4, -0.2) is 0 Å². The van der Waals surface area contributed by atoms with E-state index in [4.69, 9.17) is 10.5 Å². The predicted molar refractivity (Wildman–Crippen MR) is 79.1 cm³/mol. The summed E-state index contributed by atoms with van der Waals surface area (Å²) in [4.78, 5) is 0. The van der Waals surface area contributed by atoms with Crippen LogP contribution in [-0.2, 0) is 6.61 Å². The van der Waals surface area contributed by atoms with Crippen LogP contribution < -0.4 is 10.5 Å². The number of hydrogen-bond acceptors (Lipinski definition) is 2. The number of benzene rings is 2. The monoisotopic (exact) mass is 273 g/mol. The minimum Gasteiger partial charge on any atom is -0.489 e. The Hall–Kier alpha value is -1.87. The standard InChI is InChI=1S/C17H20FNO/c1-3-16(19)15-6-4-5-7-17(15)20-11-13-8-9-14(18)10-12(13)2/h4-10,16H,3,11,19H2,1-2H3/t16-/m0/s1. The topological polar surface area (TPSA) is 35.2 Å². The lowest BCUT2D eigenvalue weighted by molar-refractivity contribution is 0.300. The minimum atomic E-state index is -0.223. The molecule has 0 heterocycles. The van der Waals surface area contributed by atoms with Gasteiger partial charge in [0, 0.05) is 11.6 Å². The van der Waals surface area contributed by atoms with Gasteiger partial charge in [-0.1, -0.05) is 31.2 Å². The van der Waals surface area contributed by atoms with Crippen LogP contribution in [0.4, 0.5) is 4.39 Å². The molecule has 0 aliphatic heterocycles. The average molecular weight is 273 g/mol. The summed E-state index contributed by atoms with van der Waals surface area (Å²) in [7, 11) is 0. The van der Waals surface area contributed by atoms with E-state index < -0.39 is 0 Å². The van der Waals surface area contributed by atoms with Gasteiger partial charge in [0.2, 0.25) is 0 Å². The highest BCUT2D eigenvalue weighted by molar-refractivity contribution is 5.36. The summed E-state index contributed by atoms with van der Waals surface area (Å²) < 4.78 is 18.9. The summed E-state index contributed by atoms with van der Waals surface area (Å²) >= 11 is 0. The zero-order valence-corrected chi connectivity index (χ0v) is 11.9. The van der Waals surface area contributed by atoms with Gasteiger partial charge in [0.1, 0.15) is 18.2 Å². The molecule has 0 saturated heterocycles. The molecule has 0 spiro atoms. The fourth-order valence-electron chi connectivity index (χ4n) is 2.11. The van der Waals surface area contributed by atoms with Gasteiger partial charge in [-0.15, -0.1) is 0 Å². The molecule has 2 N–H and O–H groups in total. The van der Waals surface area contributed by atoms with Crippen LogP contribution in [0.5, 0.6) is 5.75 Å². The molecule has 0 saturated carbocycles. The molecule has 2 aromatic carbocycles. The SMILES string of the molecule is CC[C@H](N)c1ccccc1OCc1ccc(F)cc1C. The molecule has 0 unspecified atom stereocenters. The van der Waals surface area contributed by atoms with Crippen molar-refractivity contribution in [1.82, 2.24) is 0 Å². The molecule has 2 aromatic rings. The van der Waals surface area contributed by atoms with Gasteiger partial charge in [-0.25, -0.2) is 4.39 Å². The van der Waals surface area contributed by atoms with Gasteiger partial charge in [-0.3, -0.25) is 0 Å². The molecule has 106 valence electrons. The Morgan fingerprint density at radius 1 is 1.20 bits per heavy atom. The van der Waals surface area contributed by atoms with Gasteiger partial charge in [-0.05, 0) is 42.7 Å². The van der Waals surface area contributed by atoms with E-state index in [9.17, 15) is 4.39 Å². The number of rotatable bonds is 5. The highest BCUT2D eigenvalue weighted by Gasteiger charge is 2.10. The number of aryl methyl sites for hydroxylation is 1. The molecule has 0 amide bonds. The lowest BCUT2D eigenvalue weighted by Crippen LogP contribution is -2.11. The molecule has 0 aliphatic carbocycles. The Bertz CT molecular complexity index is 583. The fraction of sp³-hybridized carbons (Fsp3) is 0.294. The maximum absolute atomic E-state index is 13.1. The van der Waals surface area contributed by atoms with Gasteiger partial charge in [-0.2, -0.15) is 0 Å². The fourth-order valence-corrected chi connectivity index (χ4v) is 2.11. The zero-order chi connectivity index (χ0) is 14.5. The molecule has 0 radical (unpaired) electrons. The van der Waals surface area contributed by atoms with Gasteiger partial charge < -0.3 is 10.5 Å². The molecule has 20 heavy (non-hydrogen) atoms. The van der Waals surface area contributed by atoms with Crippen molar-refractivity contribution in [3.05, 3.63) is 65.0 Å². The van der Waals surface area contributed by atoms with Gasteiger partial charge in [0.15, 0.2) is 0 Å². The lowest BCUT2D eigenvalue weighted by Gasteiger charge is -2.16. The number of nitrogens with two attached hydrogens (primary N) is 1. The van der Waals surface area contributed by atoms with Crippen molar-refractivity contribution in [2.75, 3.05) is 0 Å². The second-order valence-electron chi connectivity index (χ2n) is 4.91. The lowest BCUT2D eigenvalue weighted by atomic mass is 10.0. The molecule has 2 rings (SSSR count). The third-order valence-electron chi connectivity index (χ3n) is 3.45. The molecule has 0 aromatic heterocycles. The zero-order valence-electron chi connectivity index (χ0n) is 11.9. The van der Waals surface area contributed by atoms with E-state index in [1.165, 1.54) is 12.1 Å². The second-order valence-corrected chi connectivity index (χ2v) is 4.91. The average Bonchev–Trinajstić information content (AvgIpc) is 2.46. The van der Waals surface area contributed by atoms with Crippen LogP contribution in [0.3, 0.4) is 0 Å². The Kier molecular flexibility index (Phi) is 4.74. The summed E-state index contributed by atoms with van der Waals surface area (Å²) in [5.41, 5.74) is 8.96. The predicted octanol–water partition coefficient (Wildman–Crippen LogP) is 4.12. The third-order valence-corrected chi connectivity index (χ3v) is 3.45. The van der Waals surface area contributed by atoms with Crippen LogP contribution in [0.15, 0.2) is 42.5 Å². The van der Waals surface area contributed by atoms with Gasteiger partial charge in [0.05, 0.1) is 0 Å². The van der Waals surface area contributed by atoms with E-state index >= 15 is 0 Å². The van der Waals surface area contributed by atoms with Crippen molar-refractivity contribution in [1.29, 1.82) is 0 Å². The number of halogens is 1. The first-order chi connectivity index (χ1) is 9.61.